The van der Waals surface area contributed by atoms with Crippen LogP contribution in [0.15, 0.2) is 20.7 Å². The maximum Gasteiger partial charge on any atom is 0.209 e. The molecule has 0 aromatic carbocycles. The van der Waals surface area contributed by atoms with Crippen LogP contribution in [0.2, 0.25) is 0 Å². The number of rotatable bonds is 1. The second-order valence-corrected chi connectivity index (χ2v) is 5.20. The Morgan fingerprint density at radius 3 is 2.67 bits per heavy atom. The molecule has 0 radical (unpaired) electrons. The van der Waals surface area contributed by atoms with E-state index in [1.807, 2.05) is 11.4 Å². The van der Waals surface area contributed by atoms with Crippen LogP contribution in [0.3, 0.4) is 0 Å². The SMILES string of the molecule is Brc1nsc(-c2sccc2Br)n1. The number of halogens is 2. The summed E-state index contributed by atoms with van der Waals surface area (Å²) in [5, 5.41) is 2.97. The summed E-state index contributed by atoms with van der Waals surface area (Å²) in [5.41, 5.74) is 0. The minimum Gasteiger partial charge on any atom is -0.208 e. The fourth-order valence-electron chi connectivity index (χ4n) is 0.744. The molecule has 0 aliphatic heterocycles. The molecule has 0 spiro atoms. The summed E-state index contributed by atoms with van der Waals surface area (Å²) in [4.78, 5) is 5.36. The lowest BCUT2D eigenvalue weighted by Crippen LogP contribution is -1.69. The second-order valence-electron chi connectivity index (χ2n) is 1.97. The van der Waals surface area contributed by atoms with Gasteiger partial charge in [-0.15, -0.1) is 11.3 Å². The maximum absolute atomic E-state index is 4.22. The van der Waals surface area contributed by atoms with Gasteiger partial charge in [0.15, 0.2) is 5.01 Å². The molecule has 0 amide bonds. The topological polar surface area (TPSA) is 25.8 Å². The Kier molecular flexibility index (Phi) is 2.59. The Morgan fingerprint density at radius 1 is 1.33 bits per heavy atom. The molecule has 2 aromatic rings. The van der Waals surface area contributed by atoms with Crippen molar-refractivity contribution in [2.45, 2.75) is 0 Å². The maximum atomic E-state index is 4.22. The van der Waals surface area contributed by atoms with Gasteiger partial charge in [0, 0.05) is 4.47 Å². The highest BCUT2D eigenvalue weighted by molar-refractivity contribution is 9.10. The van der Waals surface area contributed by atoms with Crippen molar-refractivity contribution in [3.05, 3.63) is 20.7 Å². The highest BCUT2D eigenvalue weighted by Gasteiger charge is 2.09. The van der Waals surface area contributed by atoms with Crippen LogP contribution in [-0.2, 0) is 0 Å². The summed E-state index contributed by atoms with van der Waals surface area (Å²) in [6.07, 6.45) is 0. The first kappa shape index (κ1) is 8.80. The van der Waals surface area contributed by atoms with E-state index in [0.29, 0.717) is 4.73 Å². The monoisotopic (exact) mass is 324 g/mol. The zero-order valence-corrected chi connectivity index (χ0v) is 10.4. The minimum absolute atomic E-state index is 0.655. The highest BCUT2D eigenvalue weighted by atomic mass is 79.9. The lowest BCUT2D eigenvalue weighted by Gasteiger charge is -1.87. The molecule has 0 fully saturated rings. The minimum atomic E-state index is 0.655. The zero-order valence-electron chi connectivity index (χ0n) is 5.62. The normalized spacial score (nSPS) is 10.5. The lowest BCUT2D eigenvalue weighted by atomic mass is 10.5. The van der Waals surface area contributed by atoms with E-state index in [1.54, 1.807) is 11.3 Å². The van der Waals surface area contributed by atoms with Gasteiger partial charge in [0.2, 0.25) is 4.73 Å². The van der Waals surface area contributed by atoms with Crippen molar-refractivity contribution in [2.24, 2.45) is 0 Å². The molecule has 0 atom stereocenters. The van der Waals surface area contributed by atoms with E-state index in [0.717, 1.165) is 14.4 Å². The summed E-state index contributed by atoms with van der Waals surface area (Å²) in [5.74, 6) is 0. The van der Waals surface area contributed by atoms with Gasteiger partial charge in [0.25, 0.3) is 0 Å². The molecule has 2 heterocycles. The molecule has 12 heavy (non-hydrogen) atoms. The molecule has 0 saturated carbocycles. The lowest BCUT2D eigenvalue weighted by molar-refractivity contribution is 1.26. The standard InChI is InChI=1S/C6H2Br2N2S2/c7-3-1-2-11-4(3)5-9-6(8)10-12-5/h1-2H. The molecule has 2 rings (SSSR count). The third kappa shape index (κ3) is 1.61. The van der Waals surface area contributed by atoms with Crippen LogP contribution >= 0.6 is 54.7 Å². The van der Waals surface area contributed by atoms with E-state index in [2.05, 4.69) is 41.2 Å². The van der Waals surface area contributed by atoms with Crippen molar-refractivity contribution in [2.75, 3.05) is 0 Å². The van der Waals surface area contributed by atoms with Gasteiger partial charge in [-0.2, -0.15) is 4.37 Å². The van der Waals surface area contributed by atoms with Crippen LogP contribution in [0.1, 0.15) is 0 Å². The number of hydrogen-bond acceptors (Lipinski definition) is 4. The summed E-state index contributed by atoms with van der Waals surface area (Å²) >= 11 is 9.72. The summed E-state index contributed by atoms with van der Waals surface area (Å²) in [6, 6.07) is 2.01. The van der Waals surface area contributed by atoms with Crippen LogP contribution in [0, 0.1) is 0 Å². The summed E-state index contributed by atoms with van der Waals surface area (Å²) in [6.45, 7) is 0. The van der Waals surface area contributed by atoms with Gasteiger partial charge in [0.05, 0.1) is 4.88 Å². The number of hydrogen-bond donors (Lipinski definition) is 0. The smallest absolute Gasteiger partial charge is 0.208 e. The average molecular weight is 326 g/mol. The molecule has 6 heteroatoms. The largest absolute Gasteiger partial charge is 0.209 e. The zero-order chi connectivity index (χ0) is 8.55. The first-order valence-corrected chi connectivity index (χ1v) is 6.24. The molecule has 0 aliphatic carbocycles. The van der Waals surface area contributed by atoms with Gasteiger partial charge in [-0.3, -0.25) is 0 Å². The molecular weight excluding hydrogens is 324 g/mol. The summed E-state index contributed by atoms with van der Waals surface area (Å²) in [7, 11) is 0. The van der Waals surface area contributed by atoms with Crippen LogP contribution in [0.25, 0.3) is 9.88 Å². The van der Waals surface area contributed by atoms with Crippen molar-refractivity contribution >= 4 is 54.7 Å². The van der Waals surface area contributed by atoms with Crippen molar-refractivity contribution in [3.63, 3.8) is 0 Å². The van der Waals surface area contributed by atoms with E-state index in [4.69, 9.17) is 0 Å². The number of aromatic nitrogens is 2. The van der Waals surface area contributed by atoms with Crippen LogP contribution in [0.5, 0.6) is 0 Å². The molecule has 0 N–H and O–H groups in total. The van der Waals surface area contributed by atoms with E-state index in [1.165, 1.54) is 11.5 Å². The predicted molar refractivity (Wildman–Crippen MR) is 58.6 cm³/mol. The predicted octanol–water partition coefficient (Wildman–Crippen LogP) is 3.79. The van der Waals surface area contributed by atoms with E-state index in [-0.39, 0.29) is 0 Å². The first-order valence-electron chi connectivity index (χ1n) is 3.00. The molecule has 0 bridgehead atoms. The number of nitrogens with zero attached hydrogens (tertiary/aromatic N) is 2. The highest BCUT2D eigenvalue weighted by Crippen LogP contribution is 2.34. The van der Waals surface area contributed by atoms with Crippen molar-refractivity contribution in [1.29, 1.82) is 0 Å². The Balaban J connectivity index is 2.50. The van der Waals surface area contributed by atoms with Gasteiger partial charge in [-0.1, -0.05) is 0 Å². The molecule has 0 aliphatic rings. The Labute approximate surface area is 94.1 Å². The van der Waals surface area contributed by atoms with Crippen molar-refractivity contribution in [1.82, 2.24) is 9.36 Å². The van der Waals surface area contributed by atoms with Gasteiger partial charge in [-0.25, -0.2) is 4.98 Å². The Hall–Kier alpha value is 0.220. The third-order valence-corrected chi connectivity index (χ3v) is 4.51. The van der Waals surface area contributed by atoms with Crippen LogP contribution in [0.4, 0.5) is 0 Å². The summed E-state index contributed by atoms with van der Waals surface area (Å²) < 4.78 is 5.78. The second kappa shape index (κ2) is 3.53. The first-order chi connectivity index (χ1) is 5.77. The average Bonchev–Trinajstić information content (AvgIpc) is 2.58. The number of thiophene rings is 1. The third-order valence-electron chi connectivity index (χ3n) is 1.21. The Morgan fingerprint density at radius 2 is 2.17 bits per heavy atom. The fraction of sp³-hybridized carbons (Fsp3) is 0. The van der Waals surface area contributed by atoms with Gasteiger partial charge < -0.3 is 0 Å². The van der Waals surface area contributed by atoms with Gasteiger partial charge >= 0.3 is 0 Å². The quantitative estimate of drug-likeness (QED) is 0.797. The van der Waals surface area contributed by atoms with Gasteiger partial charge in [-0.05, 0) is 54.8 Å². The van der Waals surface area contributed by atoms with E-state index >= 15 is 0 Å². The van der Waals surface area contributed by atoms with Crippen molar-refractivity contribution < 1.29 is 0 Å². The van der Waals surface area contributed by atoms with E-state index < -0.39 is 0 Å². The molecule has 0 unspecified atom stereocenters. The van der Waals surface area contributed by atoms with Gasteiger partial charge in [0.1, 0.15) is 0 Å². The molecule has 0 saturated heterocycles. The van der Waals surface area contributed by atoms with E-state index in [9.17, 15) is 0 Å². The van der Waals surface area contributed by atoms with Crippen LogP contribution in [-0.4, -0.2) is 9.36 Å². The Bertz CT molecular complexity index is 396. The molecular formula is C6H2Br2N2S2. The van der Waals surface area contributed by atoms with Crippen molar-refractivity contribution in [3.8, 4) is 9.88 Å². The van der Waals surface area contributed by atoms with Crippen LogP contribution < -0.4 is 0 Å². The molecule has 2 aromatic heterocycles. The molecule has 2 nitrogen and oxygen atoms in total. The fourth-order valence-corrected chi connectivity index (χ4v) is 3.61. The molecule has 62 valence electrons.